The molecular weight excluding hydrogens is 328 g/mol. The highest BCUT2D eigenvalue weighted by molar-refractivity contribution is 8.26. The summed E-state index contributed by atoms with van der Waals surface area (Å²) in [6.07, 6.45) is 1.99. The van der Waals surface area contributed by atoms with E-state index in [2.05, 4.69) is 11.8 Å². The molecule has 0 saturated carbocycles. The van der Waals surface area contributed by atoms with Gasteiger partial charge in [-0.25, -0.2) is 0 Å². The van der Waals surface area contributed by atoms with Gasteiger partial charge in [0.2, 0.25) is 0 Å². The third kappa shape index (κ3) is 3.61. The molecule has 2 aliphatic heterocycles. The maximum absolute atomic E-state index is 12.3. The minimum Gasteiger partial charge on any atom is -0.480 e. The molecule has 0 spiro atoms. The van der Waals surface area contributed by atoms with E-state index < -0.39 is 5.97 Å². The van der Waals surface area contributed by atoms with Crippen LogP contribution in [0.5, 0.6) is 0 Å². The van der Waals surface area contributed by atoms with Gasteiger partial charge < -0.3 is 10.0 Å². The molecule has 2 fully saturated rings. The minimum absolute atomic E-state index is 0.307. The van der Waals surface area contributed by atoms with E-state index in [0.717, 1.165) is 34.3 Å². The first kappa shape index (κ1) is 16.4. The van der Waals surface area contributed by atoms with E-state index in [1.54, 1.807) is 11.8 Å². The van der Waals surface area contributed by atoms with Crippen molar-refractivity contribution in [3.8, 4) is 0 Å². The number of allylic oxidation sites excluding steroid dienone is 2. The monoisotopic (exact) mass is 344 g/mol. The predicted molar refractivity (Wildman–Crippen MR) is 90.0 cm³/mol. The van der Waals surface area contributed by atoms with Crippen molar-refractivity contribution in [2.24, 2.45) is 0 Å². The van der Waals surface area contributed by atoms with Gasteiger partial charge in [-0.1, -0.05) is 24.0 Å². The molecule has 2 heterocycles. The molecule has 2 rings (SSSR count). The molecule has 21 heavy (non-hydrogen) atoms. The Morgan fingerprint density at radius 3 is 2.86 bits per heavy atom. The summed E-state index contributed by atoms with van der Waals surface area (Å²) in [6.45, 7) is 5.54. The molecule has 2 saturated heterocycles. The smallest absolute Gasteiger partial charge is 0.323 e. The third-order valence-electron chi connectivity index (χ3n) is 3.15. The normalized spacial score (nSPS) is 23.4. The summed E-state index contributed by atoms with van der Waals surface area (Å²) in [7, 11) is 0. The Labute approximate surface area is 137 Å². The van der Waals surface area contributed by atoms with Crippen molar-refractivity contribution >= 4 is 51.9 Å². The summed E-state index contributed by atoms with van der Waals surface area (Å²) in [5, 5.41) is 9.98. The first-order valence-electron chi connectivity index (χ1n) is 6.49. The Hall–Kier alpha value is -0.990. The summed E-state index contributed by atoms with van der Waals surface area (Å²) in [5.74, 6) is -0.327. The van der Waals surface area contributed by atoms with Gasteiger partial charge in [-0.15, -0.1) is 11.8 Å². The van der Waals surface area contributed by atoms with Crippen LogP contribution >= 0.6 is 35.7 Å². The Morgan fingerprint density at radius 2 is 2.24 bits per heavy atom. The zero-order valence-corrected chi connectivity index (χ0v) is 14.2. The van der Waals surface area contributed by atoms with E-state index in [1.165, 1.54) is 11.8 Å². The van der Waals surface area contributed by atoms with Crippen molar-refractivity contribution in [3.05, 3.63) is 21.6 Å². The van der Waals surface area contributed by atoms with Crippen molar-refractivity contribution in [2.45, 2.75) is 13.8 Å². The summed E-state index contributed by atoms with van der Waals surface area (Å²) in [4.78, 5) is 27.0. The zero-order valence-electron chi connectivity index (χ0n) is 11.8. The van der Waals surface area contributed by atoms with Crippen molar-refractivity contribution in [1.82, 2.24) is 9.80 Å². The molecule has 1 N–H and O–H groups in total. The highest BCUT2D eigenvalue weighted by Gasteiger charge is 2.34. The largest absolute Gasteiger partial charge is 0.480 e. The predicted octanol–water partition coefficient (Wildman–Crippen LogP) is 2.12. The lowest BCUT2D eigenvalue weighted by Crippen LogP contribution is -2.33. The zero-order chi connectivity index (χ0) is 15.6. The quantitative estimate of drug-likeness (QED) is 0.619. The Bertz CT molecular complexity index is 557. The van der Waals surface area contributed by atoms with Gasteiger partial charge in [-0.3, -0.25) is 14.5 Å². The first-order chi connectivity index (χ1) is 9.93. The fraction of sp³-hybridized carbons (Fsp3) is 0.462. The van der Waals surface area contributed by atoms with Gasteiger partial charge >= 0.3 is 5.97 Å². The number of amides is 1. The number of nitrogens with zero attached hydrogens (tertiary/aromatic N) is 2. The average molecular weight is 344 g/mol. The maximum atomic E-state index is 12.3. The molecule has 0 aromatic heterocycles. The number of hydrogen-bond acceptors (Lipinski definition) is 6. The number of thioether (sulfide) groups is 2. The van der Waals surface area contributed by atoms with Gasteiger partial charge in [0, 0.05) is 18.8 Å². The van der Waals surface area contributed by atoms with Crippen molar-refractivity contribution in [3.63, 3.8) is 0 Å². The fourth-order valence-corrected chi connectivity index (χ4v) is 4.50. The molecule has 2 aliphatic rings. The van der Waals surface area contributed by atoms with Gasteiger partial charge in [-0.05, 0) is 25.5 Å². The number of carboxylic acid groups (broad SMARTS) is 1. The highest BCUT2D eigenvalue weighted by Crippen LogP contribution is 2.35. The van der Waals surface area contributed by atoms with Crippen LogP contribution in [-0.2, 0) is 9.59 Å². The van der Waals surface area contributed by atoms with Crippen LogP contribution in [0.1, 0.15) is 13.8 Å². The molecule has 0 radical (unpaired) electrons. The summed E-state index contributed by atoms with van der Waals surface area (Å²) in [6, 6.07) is 0. The molecule has 0 bridgehead atoms. The van der Waals surface area contributed by atoms with E-state index in [-0.39, 0.29) is 12.5 Å². The van der Waals surface area contributed by atoms with Crippen LogP contribution in [0.3, 0.4) is 0 Å². The van der Waals surface area contributed by atoms with Crippen LogP contribution in [0.2, 0.25) is 0 Å². The van der Waals surface area contributed by atoms with Crippen LogP contribution in [-0.4, -0.2) is 56.5 Å². The summed E-state index contributed by atoms with van der Waals surface area (Å²) >= 11 is 8.04. The molecule has 114 valence electrons. The van der Waals surface area contributed by atoms with Gasteiger partial charge in [-0.2, -0.15) is 0 Å². The highest BCUT2D eigenvalue weighted by atomic mass is 32.2. The lowest BCUT2D eigenvalue weighted by Gasteiger charge is -2.16. The number of carbonyl (C=O) groups is 2. The van der Waals surface area contributed by atoms with Crippen molar-refractivity contribution < 1.29 is 14.7 Å². The lowest BCUT2D eigenvalue weighted by atomic mass is 10.2. The molecule has 0 atom stereocenters. The first-order valence-corrected chi connectivity index (χ1v) is 8.70. The van der Waals surface area contributed by atoms with Crippen molar-refractivity contribution in [2.75, 3.05) is 25.4 Å². The van der Waals surface area contributed by atoms with Crippen LogP contribution < -0.4 is 0 Å². The van der Waals surface area contributed by atoms with E-state index in [1.807, 2.05) is 13.0 Å². The van der Waals surface area contributed by atoms with Gasteiger partial charge in [0.1, 0.15) is 10.9 Å². The molecule has 0 aromatic carbocycles. The third-order valence-corrected chi connectivity index (χ3v) is 5.77. The van der Waals surface area contributed by atoms with E-state index in [9.17, 15) is 9.59 Å². The number of hydrogen-bond donors (Lipinski definition) is 1. The van der Waals surface area contributed by atoms with Gasteiger partial charge in [0.15, 0.2) is 0 Å². The van der Waals surface area contributed by atoms with Crippen molar-refractivity contribution in [1.29, 1.82) is 0 Å². The number of rotatable bonds is 4. The van der Waals surface area contributed by atoms with E-state index in [0.29, 0.717) is 9.23 Å². The number of carbonyl (C=O) groups excluding carboxylic acids is 1. The molecule has 0 unspecified atom stereocenters. The minimum atomic E-state index is -1.06. The van der Waals surface area contributed by atoms with Crippen LogP contribution in [0.15, 0.2) is 21.6 Å². The van der Waals surface area contributed by atoms with Crippen LogP contribution in [0.4, 0.5) is 0 Å². The standard InChI is InChI=1S/C13H16N2O3S3/c1-3-14-4-5-20-9(14)6-8(2)11-12(18)15(7-10(16)17)13(19)21-11/h6H,3-5,7H2,1-2H3,(H,16,17)/b9-6-,11-8+. The number of aliphatic carboxylic acids is 1. The Kier molecular flexibility index (Phi) is 5.34. The fourth-order valence-electron chi connectivity index (χ4n) is 2.07. The van der Waals surface area contributed by atoms with Gasteiger partial charge in [0.25, 0.3) is 5.91 Å². The second-order valence-corrected chi connectivity index (χ2v) is 7.34. The number of carboxylic acids is 1. The Balaban J connectivity index is 2.24. The maximum Gasteiger partial charge on any atom is 0.323 e. The molecular formula is C13H16N2O3S3. The Morgan fingerprint density at radius 1 is 1.52 bits per heavy atom. The molecule has 8 heteroatoms. The van der Waals surface area contributed by atoms with E-state index in [4.69, 9.17) is 17.3 Å². The summed E-state index contributed by atoms with van der Waals surface area (Å²) in [5.41, 5.74) is 0.836. The van der Waals surface area contributed by atoms with Gasteiger partial charge in [0.05, 0.1) is 9.93 Å². The van der Waals surface area contributed by atoms with Crippen LogP contribution in [0, 0.1) is 0 Å². The van der Waals surface area contributed by atoms with E-state index >= 15 is 0 Å². The second kappa shape index (κ2) is 6.85. The lowest BCUT2D eigenvalue weighted by molar-refractivity contribution is -0.140. The summed E-state index contributed by atoms with van der Waals surface area (Å²) < 4.78 is 0.307. The molecule has 5 nitrogen and oxygen atoms in total. The topological polar surface area (TPSA) is 60.9 Å². The average Bonchev–Trinajstić information content (AvgIpc) is 2.97. The number of thiocarbonyl (C=S) groups is 1. The second-order valence-electron chi connectivity index (χ2n) is 4.58. The molecule has 1 amide bonds. The van der Waals surface area contributed by atoms with Crippen LogP contribution in [0.25, 0.3) is 0 Å². The molecule has 0 aliphatic carbocycles. The molecule has 0 aromatic rings. The SMILES string of the molecule is CCN1CCS/C1=C\C(C)=C1\SC(=S)N(CC(=O)O)C1=O.